The third kappa shape index (κ3) is 9.47. The lowest BCUT2D eigenvalue weighted by Crippen LogP contribution is -2.27. The van der Waals surface area contributed by atoms with Crippen LogP contribution in [0.15, 0.2) is 35.7 Å². The fourth-order valence-electron chi connectivity index (χ4n) is 6.01. The second-order valence-electron chi connectivity index (χ2n) is 12.2. The molecule has 2 N–H and O–H groups in total. The van der Waals surface area contributed by atoms with Crippen LogP contribution in [0.3, 0.4) is 0 Å². The Kier molecular flexibility index (Phi) is 11.8. The van der Waals surface area contributed by atoms with Gasteiger partial charge in [0.05, 0.1) is 27.8 Å². The molecule has 0 atom stereocenters. The summed E-state index contributed by atoms with van der Waals surface area (Å²) in [6.45, 7) is -1.21. The van der Waals surface area contributed by atoms with Crippen LogP contribution in [0.5, 0.6) is 5.88 Å². The summed E-state index contributed by atoms with van der Waals surface area (Å²) in [5.41, 5.74) is -1.22. The third-order valence-electron chi connectivity index (χ3n) is 8.69. The molecule has 0 unspecified atom stereocenters. The van der Waals surface area contributed by atoms with Gasteiger partial charge in [-0.05, 0) is 73.2 Å². The average molecular weight is 766 g/mol. The van der Waals surface area contributed by atoms with Gasteiger partial charge in [-0.3, -0.25) is 14.2 Å². The number of pyridine rings is 1. The van der Waals surface area contributed by atoms with Crippen LogP contribution < -0.4 is 15.4 Å². The van der Waals surface area contributed by atoms with Crippen LogP contribution in [0, 0.1) is 11.8 Å². The fourth-order valence-corrected chi connectivity index (χ4v) is 7.07. The molecule has 0 radical (unpaired) electrons. The van der Waals surface area contributed by atoms with Gasteiger partial charge in [-0.15, -0.1) is 11.3 Å². The zero-order valence-electron chi connectivity index (χ0n) is 26.9. The zero-order chi connectivity index (χ0) is 37.1. The van der Waals surface area contributed by atoms with E-state index in [0.29, 0.717) is 31.2 Å². The molecule has 3 heterocycles. The number of Topliss-reactive ketones (excluding diaryl/α,β-unsaturated/α-hetero) is 1. The molecule has 1 fully saturated rings. The zero-order valence-corrected chi connectivity index (χ0v) is 28.5. The first-order valence-corrected chi connectivity index (χ1v) is 17.1. The van der Waals surface area contributed by atoms with Gasteiger partial charge in [-0.2, -0.15) is 31.3 Å². The number of carbonyl (C=O) groups excluding carboxylic acids is 2. The average Bonchev–Trinajstić information content (AvgIpc) is 3.63. The van der Waals surface area contributed by atoms with Crippen LogP contribution in [-0.2, 0) is 19.8 Å². The maximum absolute atomic E-state index is 14.0. The monoisotopic (exact) mass is 765 g/mol. The summed E-state index contributed by atoms with van der Waals surface area (Å²) in [4.78, 5) is 34.6. The number of imidazole rings is 1. The number of hydrogen-bond donors (Lipinski definition) is 2. The summed E-state index contributed by atoms with van der Waals surface area (Å²) in [6, 6.07) is 6.04. The number of fused-ring (bicyclic) bond motifs is 1. The van der Waals surface area contributed by atoms with E-state index in [1.54, 1.807) is 11.4 Å². The number of amides is 1. The van der Waals surface area contributed by atoms with E-state index in [1.807, 2.05) is 0 Å². The van der Waals surface area contributed by atoms with Gasteiger partial charge in [0.25, 0.3) is 12.3 Å². The Morgan fingerprint density at radius 1 is 1.06 bits per heavy atom. The Labute approximate surface area is 295 Å². The number of ether oxygens (including phenoxy) is 1. The van der Waals surface area contributed by atoms with Gasteiger partial charge >= 0.3 is 12.4 Å². The van der Waals surface area contributed by atoms with E-state index < -0.39 is 60.1 Å². The number of aromatic nitrogens is 3. The molecule has 0 bridgehead atoms. The number of rotatable bonds is 13. The molecule has 0 aliphatic heterocycles. The minimum atomic E-state index is -4.79. The largest absolute Gasteiger partial charge is 0.471 e. The van der Waals surface area contributed by atoms with Crippen molar-refractivity contribution in [2.45, 2.75) is 70.3 Å². The second kappa shape index (κ2) is 15.7. The van der Waals surface area contributed by atoms with E-state index in [1.165, 1.54) is 29.8 Å². The smallest absolute Gasteiger partial charge is 0.418 e. The molecule has 8 nitrogen and oxygen atoms in total. The molecule has 51 heavy (non-hydrogen) atoms. The molecule has 0 spiro atoms. The maximum Gasteiger partial charge on any atom is 0.418 e. The summed E-state index contributed by atoms with van der Waals surface area (Å²) in [6.07, 6.45) is -10.3. The molecule has 3 aromatic heterocycles. The van der Waals surface area contributed by atoms with Crippen LogP contribution >= 0.6 is 22.9 Å². The van der Waals surface area contributed by atoms with Gasteiger partial charge in [-0.1, -0.05) is 24.1 Å². The van der Waals surface area contributed by atoms with E-state index in [0.717, 1.165) is 17.4 Å². The van der Waals surface area contributed by atoms with Crippen molar-refractivity contribution in [2.24, 2.45) is 18.9 Å². The first-order chi connectivity index (χ1) is 24.0. The number of thiophene rings is 1. The predicted octanol–water partition coefficient (Wildman–Crippen LogP) is 9.74. The van der Waals surface area contributed by atoms with E-state index >= 15 is 0 Å². The number of ketones is 1. The molecule has 5 rings (SSSR count). The number of alkyl halides is 8. The van der Waals surface area contributed by atoms with Crippen molar-refractivity contribution in [2.75, 3.05) is 11.9 Å². The van der Waals surface area contributed by atoms with E-state index in [4.69, 9.17) is 16.3 Å². The number of benzene rings is 1. The minimum absolute atomic E-state index is 0.0181. The number of hydrogen-bond acceptors (Lipinski definition) is 7. The lowest BCUT2D eigenvalue weighted by molar-refractivity contribution is -0.184. The third-order valence-corrected chi connectivity index (χ3v) is 10.0. The topological polar surface area (TPSA) is 98.1 Å². The standard InChI is InChI=1S/C33H32ClF8N5O3S/c1-47-28-24(14-20(30(46-28)50-16-26(35)36)25(48)4-2-3-17-5-8-19(9-6-17)32(37,38)39)45-31(47)44-23-13-18(7-10-21(23)33(40,41)42)15-43-29(49)27-22(34)11-12-51-27/h7,10-14,17,19,26H,2-6,8-9,15-16H2,1H3,(H,43,49)(H,44,45). The molecule has 1 saturated carbocycles. The van der Waals surface area contributed by atoms with Gasteiger partial charge in [-0.25, -0.2) is 13.8 Å². The lowest BCUT2D eigenvalue weighted by Gasteiger charge is -2.29. The van der Waals surface area contributed by atoms with Crippen molar-refractivity contribution >= 4 is 57.4 Å². The number of aryl methyl sites for hydroxylation is 1. The highest BCUT2D eigenvalue weighted by molar-refractivity contribution is 7.12. The highest BCUT2D eigenvalue weighted by atomic mass is 35.5. The van der Waals surface area contributed by atoms with Crippen molar-refractivity contribution in [3.63, 3.8) is 0 Å². The van der Waals surface area contributed by atoms with Crippen LogP contribution in [-0.4, -0.2) is 45.4 Å². The van der Waals surface area contributed by atoms with Crippen LogP contribution in [0.25, 0.3) is 11.2 Å². The number of nitrogens with one attached hydrogen (secondary N) is 2. The summed E-state index contributed by atoms with van der Waals surface area (Å²) < 4.78 is 114. The summed E-state index contributed by atoms with van der Waals surface area (Å²) in [5, 5.41) is 7.12. The van der Waals surface area contributed by atoms with E-state index in [-0.39, 0.29) is 64.3 Å². The number of anilines is 2. The Balaban J connectivity index is 1.35. The normalized spacial score (nSPS) is 16.8. The predicted molar refractivity (Wildman–Crippen MR) is 175 cm³/mol. The van der Waals surface area contributed by atoms with Crippen LogP contribution in [0.1, 0.15) is 76.1 Å². The molecule has 1 aromatic carbocycles. The molecular formula is C33H32ClF8N5O3S. The van der Waals surface area contributed by atoms with E-state index in [9.17, 15) is 44.7 Å². The van der Waals surface area contributed by atoms with Crippen molar-refractivity contribution in [1.82, 2.24) is 19.9 Å². The SMILES string of the molecule is Cn1c(Nc2cc(CNC(=O)c3sccc3Cl)ccc2C(F)(F)F)nc2cc(C(=O)CCCC3CCC(C(F)(F)F)CC3)c(OCC(F)F)nc21. The van der Waals surface area contributed by atoms with Gasteiger partial charge in [0, 0.05) is 20.0 Å². The Morgan fingerprint density at radius 2 is 1.78 bits per heavy atom. The van der Waals surface area contributed by atoms with Crippen molar-refractivity contribution in [1.29, 1.82) is 0 Å². The molecule has 1 aliphatic carbocycles. The molecule has 1 aliphatic rings. The lowest BCUT2D eigenvalue weighted by atomic mass is 9.79. The van der Waals surface area contributed by atoms with Crippen LogP contribution in [0.2, 0.25) is 5.02 Å². The summed E-state index contributed by atoms with van der Waals surface area (Å²) >= 11 is 7.10. The Bertz CT molecular complexity index is 1870. The van der Waals surface area contributed by atoms with Crippen LogP contribution in [0.4, 0.5) is 46.8 Å². The highest BCUT2D eigenvalue weighted by Crippen LogP contribution is 2.41. The molecule has 1 amide bonds. The fraction of sp³-hybridized carbons (Fsp3) is 0.455. The number of halogens is 9. The quantitative estimate of drug-likeness (QED) is 0.104. The Hall–Kier alpha value is -3.99. The van der Waals surface area contributed by atoms with Gasteiger partial charge < -0.3 is 15.4 Å². The van der Waals surface area contributed by atoms with Crippen molar-refractivity contribution < 1.29 is 49.4 Å². The second-order valence-corrected chi connectivity index (χ2v) is 13.6. The summed E-state index contributed by atoms with van der Waals surface area (Å²) in [5.74, 6) is -2.87. The number of nitrogens with zero attached hydrogens (tertiary/aromatic N) is 3. The molecule has 276 valence electrons. The van der Waals surface area contributed by atoms with E-state index in [2.05, 4.69) is 20.6 Å². The van der Waals surface area contributed by atoms with Crippen molar-refractivity contribution in [3.05, 3.63) is 62.3 Å². The maximum atomic E-state index is 14.0. The highest BCUT2D eigenvalue weighted by Gasteiger charge is 2.41. The van der Waals surface area contributed by atoms with Gasteiger partial charge in [0.1, 0.15) is 10.4 Å². The molecular weight excluding hydrogens is 734 g/mol. The first kappa shape index (κ1) is 38.2. The van der Waals surface area contributed by atoms with Gasteiger partial charge in [0.2, 0.25) is 11.8 Å². The Morgan fingerprint density at radius 3 is 2.41 bits per heavy atom. The van der Waals surface area contributed by atoms with Gasteiger partial charge in [0.15, 0.2) is 18.0 Å². The number of carbonyl (C=O) groups is 2. The molecule has 18 heteroatoms. The van der Waals surface area contributed by atoms with Crippen molar-refractivity contribution in [3.8, 4) is 5.88 Å². The summed E-state index contributed by atoms with van der Waals surface area (Å²) in [7, 11) is 1.42. The molecule has 4 aromatic rings. The molecule has 0 saturated heterocycles. The first-order valence-electron chi connectivity index (χ1n) is 15.9. The minimum Gasteiger partial charge on any atom is -0.471 e.